The molecular formula is C46H36N2. The zero-order valence-corrected chi connectivity index (χ0v) is 26.8. The molecule has 0 saturated heterocycles. The van der Waals surface area contributed by atoms with Gasteiger partial charge in [0.25, 0.3) is 0 Å². The van der Waals surface area contributed by atoms with Crippen molar-refractivity contribution >= 4 is 46.3 Å². The first kappa shape index (κ1) is 30.3. The maximum atomic E-state index is 3.93. The lowest BCUT2D eigenvalue weighted by molar-refractivity contribution is 1.26. The third-order valence-electron chi connectivity index (χ3n) is 8.56. The van der Waals surface area contributed by atoms with Crippen LogP contribution in [0.2, 0.25) is 0 Å². The van der Waals surface area contributed by atoms with Crippen LogP contribution in [-0.2, 0) is 0 Å². The summed E-state index contributed by atoms with van der Waals surface area (Å²) in [7, 11) is 0. The third-order valence-corrected chi connectivity index (χ3v) is 8.56. The lowest BCUT2D eigenvalue weighted by Crippen LogP contribution is -2.12. The van der Waals surface area contributed by atoms with Gasteiger partial charge in [-0.05, 0) is 118 Å². The highest BCUT2D eigenvalue weighted by atomic mass is 15.2. The van der Waals surface area contributed by atoms with Gasteiger partial charge in [-0.2, -0.15) is 0 Å². The maximum Gasteiger partial charge on any atom is 0.0463 e. The molecular weight excluding hydrogens is 581 g/mol. The fourth-order valence-corrected chi connectivity index (χ4v) is 6.10. The van der Waals surface area contributed by atoms with E-state index in [2.05, 4.69) is 205 Å². The Kier molecular flexibility index (Phi) is 8.80. The molecule has 7 rings (SSSR count). The summed E-state index contributed by atoms with van der Waals surface area (Å²) in [6.07, 6.45) is 3.77. The fourth-order valence-electron chi connectivity index (χ4n) is 6.10. The monoisotopic (exact) mass is 616 g/mol. The van der Waals surface area contributed by atoms with E-state index in [0.717, 1.165) is 45.3 Å². The minimum Gasteiger partial charge on any atom is -0.311 e. The second kappa shape index (κ2) is 13.9. The fraction of sp³-hybridized carbons (Fsp3) is 0. The first-order chi connectivity index (χ1) is 23.7. The molecule has 0 aliphatic rings. The van der Waals surface area contributed by atoms with Crippen molar-refractivity contribution in [3.63, 3.8) is 0 Å². The number of hydrogen-bond donors (Lipinski definition) is 0. The van der Waals surface area contributed by atoms with E-state index in [1.54, 1.807) is 0 Å². The normalized spacial score (nSPS) is 10.7. The zero-order valence-electron chi connectivity index (χ0n) is 26.8. The summed E-state index contributed by atoms with van der Waals surface area (Å²) in [5, 5.41) is 0. The largest absolute Gasteiger partial charge is 0.311 e. The lowest BCUT2D eigenvalue weighted by atomic mass is 10.0. The Balaban J connectivity index is 1.23. The molecule has 0 aliphatic heterocycles. The van der Waals surface area contributed by atoms with Crippen molar-refractivity contribution in [3.8, 4) is 22.3 Å². The highest BCUT2D eigenvalue weighted by Gasteiger charge is 2.16. The van der Waals surface area contributed by atoms with Crippen molar-refractivity contribution in [1.29, 1.82) is 0 Å². The van der Waals surface area contributed by atoms with Gasteiger partial charge in [-0.1, -0.05) is 122 Å². The minimum absolute atomic E-state index is 1.08. The second-order valence-corrected chi connectivity index (χ2v) is 11.6. The molecule has 0 radical (unpaired) electrons. The Hall–Kier alpha value is -6.38. The summed E-state index contributed by atoms with van der Waals surface area (Å²) in [6.45, 7) is 7.86. The summed E-state index contributed by atoms with van der Waals surface area (Å²) in [4.78, 5) is 4.60. The molecule has 48 heavy (non-hydrogen) atoms. The number of benzene rings is 7. The standard InChI is InChI=1S/C46H36N2/c1-3-35-13-11-15-39(33-35)37-21-25-43(26-22-37)47(41-17-7-5-8-18-41)45-29-31-46(32-30-45)48(42-19-9-6-10-20-42)44-27-23-38(24-28-44)40-16-12-14-36(4-2)34-40/h3-34H,1-2H2. The van der Waals surface area contributed by atoms with Gasteiger partial charge in [0, 0.05) is 34.1 Å². The molecule has 0 bridgehead atoms. The number of anilines is 6. The Morgan fingerprint density at radius 3 is 0.938 bits per heavy atom. The van der Waals surface area contributed by atoms with Gasteiger partial charge in [0.05, 0.1) is 0 Å². The van der Waals surface area contributed by atoms with E-state index in [0.29, 0.717) is 0 Å². The van der Waals surface area contributed by atoms with Crippen LogP contribution in [0.1, 0.15) is 11.1 Å². The molecule has 2 heteroatoms. The summed E-state index contributed by atoms with van der Waals surface area (Å²) in [5.74, 6) is 0. The molecule has 0 spiro atoms. The van der Waals surface area contributed by atoms with Crippen LogP contribution >= 0.6 is 0 Å². The third kappa shape index (κ3) is 6.46. The van der Waals surface area contributed by atoms with E-state index in [1.165, 1.54) is 22.3 Å². The molecule has 7 aromatic rings. The molecule has 230 valence electrons. The predicted octanol–water partition coefficient (Wildman–Crippen LogP) is 13.2. The van der Waals surface area contributed by atoms with Gasteiger partial charge >= 0.3 is 0 Å². The Labute approximate surface area is 283 Å². The molecule has 0 amide bonds. The summed E-state index contributed by atoms with van der Waals surface area (Å²) in [5.41, 5.74) is 13.5. The van der Waals surface area contributed by atoms with Crippen molar-refractivity contribution in [1.82, 2.24) is 0 Å². The molecule has 0 saturated carbocycles. The molecule has 0 atom stereocenters. The number of nitrogens with zero attached hydrogens (tertiary/aromatic N) is 2. The van der Waals surface area contributed by atoms with Gasteiger partial charge in [-0.25, -0.2) is 0 Å². The molecule has 7 aromatic carbocycles. The summed E-state index contributed by atoms with van der Waals surface area (Å²) < 4.78 is 0. The highest BCUT2D eigenvalue weighted by Crippen LogP contribution is 2.40. The van der Waals surface area contributed by atoms with Gasteiger partial charge < -0.3 is 9.80 Å². The molecule has 2 nitrogen and oxygen atoms in total. The highest BCUT2D eigenvalue weighted by molar-refractivity contribution is 5.83. The Bertz CT molecular complexity index is 1970. The van der Waals surface area contributed by atoms with Gasteiger partial charge in [0.15, 0.2) is 0 Å². The van der Waals surface area contributed by atoms with Crippen LogP contribution in [0.25, 0.3) is 34.4 Å². The number of rotatable bonds is 10. The van der Waals surface area contributed by atoms with Crippen LogP contribution in [0.5, 0.6) is 0 Å². The summed E-state index contributed by atoms with van der Waals surface area (Å²) in [6, 6.07) is 64.3. The average Bonchev–Trinajstić information content (AvgIpc) is 3.17. The lowest BCUT2D eigenvalue weighted by Gasteiger charge is -2.28. The number of hydrogen-bond acceptors (Lipinski definition) is 2. The summed E-state index contributed by atoms with van der Waals surface area (Å²) >= 11 is 0. The van der Waals surface area contributed by atoms with Crippen molar-refractivity contribution in [2.24, 2.45) is 0 Å². The van der Waals surface area contributed by atoms with Crippen LogP contribution < -0.4 is 9.80 Å². The smallest absolute Gasteiger partial charge is 0.0463 e. The predicted molar refractivity (Wildman–Crippen MR) is 207 cm³/mol. The molecule has 0 heterocycles. The quantitative estimate of drug-likeness (QED) is 0.151. The van der Waals surface area contributed by atoms with Crippen LogP contribution in [0.15, 0.2) is 195 Å². The van der Waals surface area contributed by atoms with Crippen LogP contribution in [0.4, 0.5) is 34.1 Å². The van der Waals surface area contributed by atoms with E-state index in [4.69, 9.17) is 0 Å². The molecule has 0 unspecified atom stereocenters. The maximum absolute atomic E-state index is 3.93. The van der Waals surface area contributed by atoms with E-state index >= 15 is 0 Å². The SMILES string of the molecule is C=Cc1cccc(-c2ccc(N(c3ccccc3)c3ccc(N(c4ccccc4)c4ccc(-c5cccc(C=C)c5)cc4)cc3)cc2)c1. The van der Waals surface area contributed by atoms with Crippen LogP contribution in [0, 0.1) is 0 Å². The van der Waals surface area contributed by atoms with Crippen molar-refractivity contribution in [3.05, 3.63) is 206 Å². The second-order valence-electron chi connectivity index (χ2n) is 11.6. The van der Waals surface area contributed by atoms with Gasteiger partial charge in [-0.3, -0.25) is 0 Å². The topological polar surface area (TPSA) is 6.48 Å². The Morgan fingerprint density at radius 1 is 0.292 bits per heavy atom. The minimum atomic E-state index is 1.08. The number of para-hydroxylation sites is 2. The van der Waals surface area contributed by atoms with Crippen molar-refractivity contribution in [2.45, 2.75) is 0 Å². The van der Waals surface area contributed by atoms with E-state index < -0.39 is 0 Å². The first-order valence-electron chi connectivity index (χ1n) is 16.2. The van der Waals surface area contributed by atoms with E-state index in [1.807, 2.05) is 12.2 Å². The average molecular weight is 617 g/mol. The van der Waals surface area contributed by atoms with Gasteiger partial charge in [0.1, 0.15) is 0 Å². The molecule has 0 N–H and O–H groups in total. The van der Waals surface area contributed by atoms with Crippen molar-refractivity contribution in [2.75, 3.05) is 9.80 Å². The van der Waals surface area contributed by atoms with Gasteiger partial charge in [0.2, 0.25) is 0 Å². The Morgan fingerprint density at radius 2 is 0.604 bits per heavy atom. The molecule has 0 fully saturated rings. The van der Waals surface area contributed by atoms with E-state index in [-0.39, 0.29) is 0 Å². The van der Waals surface area contributed by atoms with E-state index in [9.17, 15) is 0 Å². The molecule has 0 aliphatic carbocycles. The van der Waals surface area contributed by atoms with Crippen LogP contribution in [-0.4, -0.2) is 0 Å². The van der Waals surface area contributed by atoms with Crippen LogP contribution in [0.3, 0.4) is 0 Å². The zero-order chi connectivity index (χ0) is 32.7. The first-order valence-corrected chi connectivity index (χ1v) is 16.2. The van der Waals surface area contributed by atoms with Gasteiger partial charge in [-0.15, -0.1) is 0 Å². The molecule has 0 aromatic heterocycles. The van der Waals surface area contributed by atoms with Crippen molar-refractivity contribution < 1.29 is 0 Å².